The first-order valence-corrected chi connectivity index (χ1v) is 14.7. The second-order valence-electron chi connectivity index (χ2n) is 11.0. The number of amides is 1. The molecule has 1 aliphatic rings. The molecule has 0 saturated carbocycles. The molecule has 5 heteroatoms. The Balaban J connectivity index is 1.84. The second kappa shape index (κ2) is 8.10. The minimum Gasteiger partial charge on any atom is -0.543 e. The lowest BCUT2D eigenvalue weighted by molar-refractivity contribution is -0.131. The summed E-state index contributed by atoms with van der Waals surface area (Å²) in [6, 6.07) is 19.1. The van der Waals surface area contributed by atoms with Gasteiger partial charge in [-0.05, 0) is 91.5 Å². The molecule has 0 bridgehead atoms. The number of fused-ring (bicyclic) bond motifs is 1. The van der Waals surface area contributed by atoms with Crippen molar-refractivity contribution >= 4 is 25.6 Å². The van der Waals surface area contributed by atoms with E-state index < -0.39 is 13.9 Å². The van der Waals surface area contributed by atoms with Crippen molar-refractivity contribution in [3.05, 3.63) is 88.5 Å². The SMILES string of the molecule is Cc1cccc(N2C(=O)C(O)(c3cc(C)c(O[Si](C)(C)C(C)(C)C)c(C)c3)c3ccccc32)c1. The number of benzene rings is 3. The Kier molecular flexibility index (Phi) is 5.78. The van der Waals surface area contributed by atoms with Crippen molar-refractivity contribution in [2.24, 2.45) is 0 Å². The van der Waals surface area contributed by atoms with Gasteiger partial charge in [0.15, 0.2) is 5.60 Å². The number of hydrogen-bond acceptors (Lipinski definition) is 3. The van der Waals surface area contributed by atoms with E-state index in [1.807, 2.05) is 81.4 Å². The lowest BCUT2D eigenvalue weighted by Crippen LogP contribution is -2.44. The van der Waals surface area contributed by atoms with Gasteiger partial charge in [0.2, 0.25) is 0 Å². The van der Waals surface area contributed by atoms with Crippen LogP contribution >= 0.6 is 0 Å². The van der Waals surface area contributed by atoms with Crippen molar-refractivity contribution < 1.29 is 14.3 Å². The third kappa shape index (κ3) is 3.77. The van der Waals surface area contributed by atoms with Crippen LogP contribution in [0.2, 0.25) is 18.1 Å². The van der Waals surface area contributed by atoms with Gasteiger partial charge in [0, 0.05) is 11.3 Å². The van der Waals surface area contributed by atoms with Crippen LogP contribution in [0.3, 0.4) is 0 Å². The van der Waals surface area contributed by atoms with Gasteiger partial charge in [-0.25, -0.2) is 0 Å². The van der Waals surface area contributed by atoms with Gasteiger partial charge in [0.1, 0.15) is 5.75 Å². The van der Waals surface area contributed by atoms with E-state index in [2.05, 4.69) is 33.9 Å². The van der Waals surface area contributed by atoms with Crippen LogP contribution in [0, 0.1) is 20.8 Å². The van der Waals surface area contributed by atoms with Gasteiger partial charge in [0.25, 0.3) is 14.2 Å². The summed E-state index contributed by atoms with van der Waals surface area (Å²) >= 11 is 0. The van der Waals surface area contributed by atoms with Crippen LogP contribution in [0.1, 0.15) is 48.6 Å². The van der Waals surface area contributed by atoms with E-state index in [4.69, 9.17) is 4.43 Å². The average Bonchev–Trinajstić information content (AvgIpc) is 2.98. The molecule has 3 aromatic rings. The maximum atomic E-state index is 13.9. The normalized spacial score (nSPS) is 18.3. The van der Waals surface area contributed by atoms with E-state index in [0.29, 0.717) is 16.8 Å². The predicted octanol–water partition coefficient (Wildman–Crippen LogP) is 6.91. The van der Waals surface area contributed by atoms with Gasteiger partial charge in [-0.15, -0.1) is 0 Å². The topological polar surface area (TPSA) is 49.8 Å². The molecule has 34 heavy (non-hydrogen) atoms. The summed E-state index contributed by atoms with van der Waals surface area (Å²) in [5, 5.41) is 12.1. The molecular weight excluding hydrogens is 438 g/mol. The molecule has 1 heterocycles. The van der Waals surface area contributed by atoms with Crippen LogP contribution in [-0.2, 0) is 10.4 Å². The van der Waals surface area contributed by atoms with Crippen LogP contribution in [-0.4, -0.2) is 19.3 Å². The zero-order valence-electron chi connectivity index (χ0n) is 21.5. The van der Waals surface area contributed by atoms with E-state index in [1.54, 1.807) is 4.90 Å². The summed E-state index contributed by atoms with van der Waals surface area (Å²) in [6.07, 6.45) is 0. The minimum atomic E-state index is -2.05. The quantitative estimate of drug-likeness (QED) is 0.419. The first kappa shape index (κ1) is 24.2. The number of carbonyl (C=O) groups excluding carboxylic acids is 1. The fraction of sp³-hybridized carbons (Fsp3) is 0.345. The Labute approximate surface area is 204 Å². The fourth-order valence-corrected chi connectivity index (χ4v) is 5.53. The van der Waals surface area contributed by atoms with Gasteiger partial charge < -0.3 is 9.53 Å². The van der Waals surface area contributed by atoms with Gasteiger partial charge in [-0.3, -0.25) is 9.69 Å². The zero-order valence-corrected chi connectivity index (χ0v) is 22.5. The highest BCUT2D eigenvalue weighted by Crippen LogP contribution is 2.49. The summed E-state index contributed by atoms with van der Waals surface area (Å²) in [4.78, 5) is 15.5. The van der Waals surface area contributed by atoms with Crippen molar-refractivity contribution in [2.45, 2.75) is 65.3 Å². The summed E-state index contributed by atoms with van der Waals surface area (Å²) in [7, 11) is -2.05. The third-order valence-electron chi connectivity index (χ3n) is 7.35. The Hall–Kier alpha value is -2.89. The molecule has 1 aliphatic heterocycles. The van der Waals surface area contributed by atoms with E-state index in [1.165, 1.54) is 0 Å². The molecule has 1 amide bonds. The Morgan fingerprint density at radius 1 is 0.912 bits per heavy atom. The number of nitrogens with zero attached hydrogens (tertiary/aromatic N) is 1. The molecule has 0 radical (unpaired) electrons. The molecule has 0 aromatic heterocycles. The molecule has 0 aliphatic carbocycles. The smallest absolute Gasteiger partial charge is 0.273 e. The number of rotatable bonds is 4. The summed E-state index contributed by atoms with van der Waals surface area (Å²) in [5.74, 6) is 0.490. The first-order chi connectivity index (χ1) is 15.8. The maximum Gasteiger partial charge on any atom is 0.273 e. The van der Waals surface area contributed by atoms with Gasteiger partial charge in [0.05, 0.1) is 5.69 Å². The average molecular weight is 474 g/mol. The monoisotopic (exact) mass is 473 g/mol. The van der Waals surface area contributed by atoms with Gasteiger partial charge in [-0.1, -0.05) is 51.1 Å². The van der Waals surface area contributed by atoms with Gasteiger partial charge in [-0.2, -0.15) is 0 Å². The molecule has 0 spiro atoms. The van der Waals surface area contributed by atoms with E-state index in [-0.39, 0.29) is 10.9 Å². The highest BCUT2D eigenvalue weighted by atomic mass is 28.4. The van der Waals surface area contributed by atoms with E-state index in [0.717, 1.165) is 28.1 Å². The predicted molar refractivity (Wildman–Crippen MR) is 142 cm³/mol. The molecule has 1 N–H and O–H groups in total. The third-order valence-corrected chi connectivity index (χ3v) is 11.7. The van der Waals surface area contributed by atoms with Crippen LogP contribution in [0.5, 0.6) is 5.75 Å². The Morgan fingerprint density at radius 2 is 1.53 bits per heavy atom. The van der Waals surface area contributed by atoms with Crippen LogP contribution < -0.4 is 9.33 Å². The number of hydrogen-bond donors (Lipinski definition) is 1. The molecule has 4 rings (SSSR count). The molecule has 1 atom stereocenters. The standard InChI is InChI=1S/C29H35NO3Si/c1-19-12-11-13-23(16-19)30-25-15-10-9-14-24(25)29(32,27(30)31)22-17-20(2)26(21(3)18-22)33-34(7,8)28(4,5)6/h9-18,32H,1-8H3. The summed E-state index contributed by atoms with van der Waals surface area (Å²) in [5.41, 5.74) is 3.75. The number of anilines is 2. The summed E-state index contributed by atoms with van der Waals surface area (Å²) in [6.45, 7) is 17.1. The van der Waals surface area contributed by atoms with Crippen molar-refractivity contribution in [2.75, 3.05) is 4.90 Å². The summed E-state index contributed by atoms with van der Waals surface area (Å²) < 4.78 is 6.64. The largest absolute Gasteiger partial charge is 0.543 e. The molecule has 1 unspecified atom stereocenters. The number of carbonyl (C=O) groups is 1. The maximum absolute atomic E-state index is 13.9. The molecule has 3 aromatic carbocycles. The Bertz CT molecular complexity index is 1250. The van der Waals surface area contributed by atoms with Crippen molar-refractivity contribution in [3.63, 3.8) is 0 Å². The van der Waals surface area contributed by atoms with Crippen molar-refractivity contribution in [3.8, 4) is 5.75 Å². The van der Waals surface area contributed by atoms with Crippen molar-refractivity contribution in [1.82, 2.24) is 0 Å². The lowest BCUT2D eigenvalue weighted by atomic mass is 9.85. The highest BCUT2D eigenvalue weighted by molar-refractivity contribution is 6.74. The molecule has 0 fully saturated rings. The molecular formula is C29H35NO3Si. The van der Waals surface area contributed by atoms with Gasteiger partial charge >= 0.3 is 0 Å². The van der Waals surface area contributed by atoms with Crippen molar-refractivity contribution in [1.29, 1.82) is 0 Å². The van der Waals surface area contributed by atoms with E-state index >= 15 is 0 Å². The second-order valence-corrected chi connectivity index (χ2v) is 15.7. The fourth-order valence-electron chi connectivity index (χ4n) is 4.39. The number of para-hydroxylation sites is 1. The first-order valence-electron chi connectivity index (χ1n) is 11.8. The number of aryl methyl sites for hydroxylation is 3. The molecule has 178 valence electrons. The van der Waals surface area contributed by atoms with Crippen LogP contribution in [0.15, 0.2) is 60.7 Å². The van der Waals surface area contributed by atoms with Crippen LogP contribution in [0.4, 0.5) is 11.4 Å². The minimum absolute atomic E-state index is 0.0669. The zero-order chi connectivity index (χ0) is 25.1. The van der Waals surface area contributed by atoms with E-state index in [9.17, 15) is 9.90 Å². The Morgan fingerprint density at radius 3 is 2.12 bits per heavy atom. The highest BCUT2D eigenvalue weighted by Gasteiger charge is 2.52. The number of aliphatic hydroxyl groups is 1. The molecule has 0 saturated heterocycles. The lowest BCUT2D eigenvalue weighted by Gasteiger charge is -2.37. The van der Waals surface area contributed by atoms with Crippen LogP contribution in [0.25, 0.3) is 0 Å². The molecule has 4 nitrogen and oxygen atoms in total.